The first-order valence-corrected chi connectivity index (χ1v) is 6.83. The standard InChI is InChI=1S/C16H16ClFO2/c1-20-15-8-7-13(18)11-14(15)16(19,9-10-17)12-5-3-2-4-6-12/h2-8,11,19H,9-10H2,1H3. The Balaban J connectivity index is 2.61. The maximum atomic E-state index is 13.6. The van der Waals surface area contributed by atoms with Crippen LogP contribution in [0.25, 0.3) is 0 Å². The number of aliphatic hydroxyl groups is 1. The van der Waals surface area contributed by atoms with Crippen molar-refractivity contribution in [3.63, 3.8) is 0 Å². The van der Waals surface area contributed by atoms with Crippen molar-refractivity contribution in [1.29, 1.82) is 0 Å². The van der Waals surface area contributed by atoms with Gasteiger partial charge in [-0.15, -0.1) is 11.6 Å². The molecule has 0 aromatic heterocycles. The molecule has 2 nitrogen and oxygen atoms in total. The molecule has 1 N–H and O–H groups in total. The van der Waals surface area contributed by atoms with Gasteiger partial charge in [-0.25, -0.2) is 4.39 Å². The minimum absolute atomic E-state index is 0.241. The van der Waals surface area contributed by atoms with Gasteiger partial charge in [0.25, 0.3) is 0 Å². The predicted octanol–water partition coefficient (Wildman–Crippen LogP) is 3.70. The lowest BCUT2D eigenvalue weighted by Gasteiger charge is -2.30. The van der Waals surface area contributed by atoms with Gasteiger partial charge >= 0.3 is 0 Å². The smallest absolute Gasteiger partial charge is 0.125 e. The molecule has 0 fully saturated rings. The van der Waals surface area contributed by atoms with Crippen molar-refractivity contribution in [2.75, 3.05) is 13.0 Å². The normalized spacial score (nSPS) is 13.8. The van der Waals surface area contributed by atoms with E-state index < -0.39 is 11.4 Å². The summed E-state index contributed by atoms with van der Waals surface area (Å²) < 4.78 is 18.8. The summed E-state index contributed by atoms with van der Waals surface area (Å²) in [5.41, 5.74) is -0.340. The summed E-state index contributed by atoms with van der Waals surface area (Å²) in [7, 11) is 1.49. The van der Waals surface area contributed by atoms with Crippen LogP contribution in [0.2, 0.25) is 0 Å². The van der Waals surface area contributed by atoms with Crippen LogP contribution in [-0.2, 0) is 5.60 Å². The average Bonchev–Trinajstić information content (AvgIpc) is 2.48. The molecule has 0 saturated heterocycles. The molecule has 0 aliphatic heterocycles. The zero-order valence-electron chi connectivity index (χ0n) is 11.1. The SMILES string of the molecule is COc1ccc(F)cc1C(O)(CCCl)c1ccccc1. The molecule has 0 bridgehead atoms. The molecule has 0 aliphatic rings. The van der Waals surface area contributed by atoms with Crippen LogP contribution in [0.1, 0.15) is 17.5 Å². The van der Waals surface area contributed by atoms with E-state index in [2.05, 4.69) is 0 Å². The molecule has 106 valence electrons. The average molecular weight is 295 g/mol. The molecule has 2 rings (SSSR count). The van der Waals surface area contributed by atoms with Crippen molar-refractivity contribution in [2.45, 2.75) is 12.0 Å². The Bertz CT molecular complexity index is 574. The molecule has 0 saturated carbocycles. The first-order chi connectivity index (χ1) is 9.61. The Morgan fingerprint density at radius 1 is 1.20 bits per heavy atom. The quantitative estimate of drug-likeness (QED) is 0.852. The molecule has 2 aromatic rings. The van der Waals surface area contributed by atoms with Crippen LogP contribution in [0.4, 0.5) is 4.39 Å². The third-order valence-corrected chi connectivity index (χ3v) is 3.50. The molecule has 4 heteroatoms. The summed E-state index contributed by atoms with van der Waals surface area (Å²) in [6, 6.07) is 13.2. The van der Waals surface area contributed by atoms with Crippen LogP contribution in [0.15, 0.2) is 48.5 Å². The third-order valence-electron chi connectivity index (χ3n) is 3.31. The first kappa shape index (κ1) is 14.8. The van der Waals surface area contributed by atoms with E-state index in [1.54, 1.807) is 12.1 Å². The lowest BCUT2D eigenvalue weighted by atomic mass is 9.83. The molecular formula is C16H16ClFO2. The van der Waals surface area contributed by atoms with Crippen LogP contribution in [0.3, 0.4) is 0 Å². The van der Waals surface area contributed by atoms with Crippen molar-refractivity contribution in [1.82, 2.24) is 0 Å². The number of halogens is 2. The van der Waals surface area contributed by atoms with Crippen LogP contribution in [-0.4, -0.2) is 18.1 Å². The highest BCUT2D eigenvalue weighted by molar-refractivity contribution is 6.17. The Kier molecular flexibility index (Phi) is 4.63. The fourth-order valence-corrected chi connectivity index (χ4v) is 2.56. The largest absolute Gasteiger partial charge is 0.496 e. The Labute approximate surface area is 122 Å². The molecule has 0 aliphatic carbocycles. The van der Waals surface area contributed by atoms with E-state index in [1.165, 1.54) is 25.3 Å². The van der Waals surface area contributed by atoms with Gasteiger partial charge in [0.1, 0.15) is 17.2 Å². The zero-order chi connectivity index (χ0) is 14.6. The highest BCUT2D eigenvalue weighted by atomic mass is 35.5. The highest BCUT2D eigenvalue weighted by Gasteiger charge is 2.34. The summed E-state index contributed by atoms with van der Waals surface area (Å²) in [4.78, 5) is 0. The molecule has 0 amide bonds. The van der Waals surface area contributed by atoms with E-state index in [0.29, 0.717) is 16.9 Å². The number of hydrogen-bond acceptors (Lipinski definition) is 2. The maximum absolute atomic E-state index is 13.6. The fourth-order valence-electron chi connectivity index (χ4n) is 2.29. The van der Waals surface area contributed by atoms with Gasteiger partial charge < -0.3 is 9.84 Å². The number of methoxy groups -OCH3 is 1. The second-order valence-corrected chi connectivity index (χ2v) is 4.89. The summed E-state index contributed by atoms with van der Waals surface area (Å²) in [5, 5.41) is 11.1. The molecule has 1 unspecified atom stereocenters. The second-order valence-electron chi connectivity index (χ2n) is 4.51. The molecule has 0 radical (unpaired) electrons. The third kappa shape index (κ3) is 2.79. The van der Waals surface area contributed by atoms with Crippen LogP contribution >= 0.6 is 11.6 Å². The van der Waals surface area contributed by atoms with Crippen molar-refractivity contribution < 1.29 is 14.2 Å². The van der Waals surface area contributed by atoms with Gasteiger partial charge in [-0.3, -0.25) is 0 Å². The molecule has 0 spiro atoms. The van der Waals surface area contributed by atoms with Crippen LogP contribution in [0, 0.1) is 5.82 Å². The van der Waals surface area contributed by atoms with Crippen molar-refractivity contribution in [3.8, 4) is 5.75 Å². The number of ether oxygens (including phenoxy) is 1. The van der Waals surface area contributed by atoms with E-state index in [0.717, 1.165) is 0 Å². The lowest BCUT2D eigenvalue weighted by molar-refractivity contribution is 0.0742. The summed E-state index contributed by atoms with van der Waals surface area (Å²) in [6.07, 6.45) is 0.262. The van der Waals surface area contributed by atoms with Gasteiger partial charge in [-0.2, -0.15) is 0 Å². The number of alkyl halides is 1. The van der Waals surface area contributed by atoms with E-state index in [9.17, 15) is 9.50 Å². The Morgan fingerprint density at radius 3 is 2.50 bits per heavy atom. The fraction of sp³-hybridized carbons (Fsp3) is 0.250. The summed E-state index contributed by atoms with van der Waals surface area (Å²) in [6.45, 7) is 0. The summed E-state index contributed by atoms with van der Waals surface area (Å²) in [5.74, 6) is 0.248. The molecule has 2 aromatic carbocycles. The van der Waals surface area contributed by atoms with E-state index in [-0.39, 0.29) is 12.3 Å². The minimum atomic E-state index is -1.38. The molecule has 0 heterocycles. The first-order valence-electron chi connectivity index (χ1n) is 6.29. The topological polar surface area (TPSA) is 29.5 Å². The molecular weight excluding hydrogens is 279 g/mol. The minimum Gasteiger partial charge on any atom is -0.496 e. The van der Waals surface area contributed by atoms with E-state index >= 15 is 0 Å². The van der Waals surface area contributed by atoms with Crippen LogP contribution < -0.4 is 4.74 Å². The van der Waals surface area contributed by atoms with Gasteiger partial charge in [0.2, 0.25) is 0 Å². The van der Waals surface area contributed by atoms with Crippen molar-refractivity contribution in [2.24, 2.45) is 0 Å². The summed E-state index contributed by atoms with van der Waals surface area (Å²) >= 11 is 5.83. The van der Waals surface area contributed by atoms with Crippen molar-refractivity contribution >= 4 is 11.6 Å². The number of benzene rings is 2. The van der Waals surface area contributed by atoms with Crippen molar-refractivity contribution in [3.05, 3.63) is 65.5 Å². The monoisotopic (exact) mass is 294 g/mol. The van der Waals surface area contributed by atoms with Crippen LogP contribution in [0.5, 0.6) is 5.75 Å². The second kappa shape index (κ2) is 6.25. The number of rotatable bonds is 5. The van der Waals surface area contributed by atoms with Gasteiger partial charge in [0.15, 0.2) is 0 Å². The predicted molar refractivity (Wildman–Crippen MR) is 77.7 cm³/mol. The number of hydrogen-bond donors (Lipinski definition) is 1. The Morgan fingerprint density at radius 2 is 1.90 bits per heavy atom. The zero-order valence-corrected chi connectivity index (χ0v) is 11.9. The lowest BCUT2D eigenvalue weighted by Crippen LogP contribution is -2.28. The Hall–Kier alpha value is -1.58. The van der Waals surface area contributed by atoms with E-state index in [4.69, 9.17) is 16.3 Å². The van der Waals surface area contributed by atoms with Gasteiger partial charge in [-0.05, 0) is 30.2 Å². The molecule has 1 atom stereocenters. The van der Waals surface area contributed by atoms with Gasteiger partial charge in [0, 0.05) is 11.4 Å². The molecule has 20 heavy (non-hydrogen) atoms. The van der Waals surface area contributed by atoms with E-state index in [1.807, 2.05) is 18.2 Å². The van der Waals surface area contributed by atoms with Gasteiger partial charge in [0.05, 0.1) is 7.11 Å². The van der Waals surface area contributed by atoms with Gasteiger partial charge in [-0.1, -0.05) is 30.3 Å². The maximum Gasteiger partial charge on any atom is 0.125 e. The highest BCUT2D eigenvalue weighted by Crippen LogP contribution is 2.38.